The van der Waals surface area contributed by atoms with Crippen LogP contribution in [0.3, 0.4) is 0 Å². The zero-order chi connectivity index (χ0) is 10.7. The molecule has 0 unspecified atom stereocenters. The average Bonchev–Trinajstić information content (AvgIpc) is 3.03. The molecule has 1 aromatic carbocycles. The molecule has 1 saturated carbocycles. The van der Waals surface area contributed by atoms with Gasteiger partial charge in [-0.05, 0) is 61.9 Å². The van der Waals surface area contributed by atoms with Crippen LogP contribution in [0.1, 0.15) is 24.0 Å². The van der Waals surface area contributed by atoms with Gasteiger partial charge in [0.15, 0.2) is 0 Å². The monoisotopic (exact) mass is 205 g/mol. The fourth-order valence-electron chi connectivity index (χ4n) is 1.69. The maximum atomic E-state index is 5.71. The summed E-state index contributed by atoms with van der Waals surface area (Å²) in [4.78, 5) is 0. The molecule has 1 fully saturated rings. The Morgan fingerprint density at radius 2 is 2.20 bits per heavy atom. The molecule has 15 heavy (non-hydrogen) atoms. The minimum atomic E-state index is 0.711. The van der Waals surface area contributed by atoms with E-state index in [9.17, 15) is 0 Å². The van der Waals surface area contributed by atoms with Crippen molar-refractivity contribution in [3.63, 3.8) is 0 Å². The van der Waals surface area contributed by atoms with Gasteiger partial charge in [-0.3, -0.25) is 0 Å². The maximum absolute atomic E-state index is 5.71. The van der Waals surface area contributed by atoms with Gasteiger partial charge in [-0.25, -0.2) is 0 Å². The first-order chi connectivity index (χ1) is 7.29. The predicted molar refractivity (Wildman–Crippen MR) is 62.2 cm³/mol. The molecule has 2 nitrogen and oxygen atoms in total. The van der Waals surface area contributed by atoms with Crippen LogP contribution in [0.2, 0.25) is 0 Å². The van der Waals surface area contributed by atoms with Gasteiger partial charge in [0.05, 0.1) is 6.61 Å². The van der Waals surface area contributed by atoms with Crippen molar-refractivity contribution < 1.29 is 4.74 Å². The molecular formula is C13H19NO. The minimum Gasteiger partial charge on any atom is -0.493 e. The summed E-state index contributed by atoms with van der Waals surface area (Å²) < 4.78 is 5.71. The fourth-order valence-corrected chi connectivity index (χ4v) is 1.69. The van der Waals surface area contributed by atoms with Crippen LogP contribution in [0.5, 0.6) is 5.75 Å². The van der Waals surface area contributed by atoms with Crippen molar-refractivity contribution in [3.05, 3.63) is 29.3 Å². The third-order valence-electron chi connectivity index (χ3n) is 2.91. The molecule has 1 aliphatic carbocycles. The van der Waals surface area contributed by atoms with E-state index in [0.29, 0.717) is 6.54 Å². The summed E-state index contributed by atoms with van der Waals surface area (Å²) in [5, 5.41) is 0. The SMILES string of the molecule is Cc1cc(OCC2CC2)ccc1CCN. The van der Waals surface area contributed by atoms with Crippen molar-refractivity contribution in [2.24, 2.45) is 11.7 Å². The molecule has 1 aromatic rings. The van der Waals surface area contributed by atoms with Crippen LogP contribution in [0, 0.1) is 12.8 Å². The molecule has 0 radical (unpaired) electrons. The highest BCUT2D eigenvalue weighted by atomic mass is 16.5. The molecule has 0 aliphatic heterocycles. The average molecular weight is 205 g/mol. The maximum Gasteiger partial charge on any atom is 0.119 e. The van der Waals surface area contributed by atoms with Crippen molar-refractivity contribution in [2.45, 2.75) is 26.2 Å². The zero-order valence-electron chi connectivity index (χ0n) is 9.33. The lowest BCUT2D eigenvalue weighted by Gasteiger charge is -2.09. The first-order valence-corrected chi connectivity index (χ1v) is 5.72. The molecule has 0 saturated heterocycles. The molecule has 2 rings (SSSR count). The Morgan fingerprint density at radius 1 is 1.40 bits per heavy atom. The van der Waals surface area contributed by atoms with Gasteiger partial charge < -0.3 is 10.5 Å². The highest BCUT2D eigenvalue weighted by Gasteiger charge is 2.21. The van der Waals surface area contributed by atoms with E-state index in [0.717, 1.165) is 24.7 Å². The van der Waals surface area contributed by atoms with Gasteiger partial charge in [0.2, 0.25) is 0 Å². The number of benzene rings is 1. The Kier molecular flexibility index (Phi) is 3.27. The molecule has 0 spiro atoms. The Balaban J connectivity index is 1.96. The zero-order valence-corrected chi connectivity index (χ0v) is 9.33. The second-order valence-corrected chi connectivity index (χ2v) is 4.38. The van der Waals surface area contributed by atoms with Crippen molar-refractivity contribution >= 4 is 0 Å². The van der Waals surface area contributed by atoms with Crippen LogP contribution in [0.15, 0.2) is 18.2 Å². The van der Waals surface area contributed by atoms with Crippen molar-refractivity contribution in [2.75, 3.05) is 13.2 Å². The van der Waals surface area contributed by atoms with Crippen LogP contribution in [-0.2, 0) is 6.42 Å². The second kappa shape index (κ2) is 4.67. The van der Waals surface area contributed by atoms with E-state index in [1.807, 2.05) is 0 Å². The Hall–Kier alpha value is -1.02. The lowest BCUT2D eigenvalue weighted by molar-refractivity contribution is 0.299. The van der Waals surface area contributed by atoms with Crippen LogP contribution in [0.25, 0.3) is 0 Å². The topological polar surface area (TPSA) is 35.2 Å². The van der Waals surface area contributed by atoms with Gasteiger partial charge in [0, 0.05) is 0 Å². The van der Waals surface area contributed by atoms with Crippen LogP contribution in [0.4, 0.5) is 0 Å². The quantitative estimate of drug-likeness (QED) is 0.800. The number of nitrogens with two attached hydrogens (primary N) is 1. The Bertz CT molecular complexity index is 331. The van der Waals surface area contributed by atoms with Gasteiger partial charge in [0.25, 0.3) is 0 Å². The van der Waals surface area contributed by atoms with E-state index in [1.165, 1.54) is 24.0 Å². The minimum absolute atomic E-state index is 0.711. The third-order valence-corrected chi connectivity index (χ3v) is 2.91. The van der Waals surface area contributed by atoms with E-state index in [-0.39, 0.29) is 0 Å². The van der Waals surface area contributed by atoms with Crippen LogP contribution in [-0.4, -0.2) is 13.2 Å². The molecule has 1 aliphatic rings. The molecule has 2 heteroatoms. The summed E-state index contributed by atoms with van der Waals surface area (Å²) in [6, 6.07) is 6.30. The van der Waals surface area contributed by atoms with Gasteiger partial charge in [-0.1, -0.05) is 6.07 Å². The Labute approximate surface area is 91.4 Å². The first kappa shape index (κ1) is 10.5. The molecular weight excluding hydrogens is 186 g/mol. The lowest BCUT2D eigenvalue weighted by atomic mass is 10.1. The smallest absolute Gasteiger partial charge is 0.119 e. The number of hydrogen-bond acceptors (Lipinski definition) is 2. The van der Waals surface area contributed by atoms with Crippen molar-refractivity contribution in [1.82, 2.24) is 0 Å². The molecule has 0 bridgehead atoms. The van der Waals surface area contributed by atoms with Gasteiger partial charge in [-0.2, -0.15) is 0 Å². The summed E-state index contributed by atoms with van der Waals surface area (Å²) in [5.74, 6) is 1.81. The largest absolute Gasteiger partial charge is 0.493 e. The van der Waals surface area contributed by atoms with E-state index >= 15 is 0 Å². The predicted octanol–water partition coefficient (Wildman–Crippen LogP) is 2.29. The highest BCUT2D eigenvalue weighted by Crippen LogP contribution is 2.29. The molecule has 0 aromatic heterocycles. The molecule has 0 atom stereocenters. The first-order valence-electron chi connectivity index (χ1n) is 5.72. The van der Waals surface area contributed by atoms with Crippen molar-refractivity contribution in [1.29, 1.82) is 0 Å². The molecule has 2 N–H and O–H groups in total. The number of ether oxygens (including phenoxy) is 1. The van der Waals surface area contributed by atoms with Crippen LogP contribution >= 0.6 is 0 Å². The van der Waals surface area contributed by atoms with E-state index in [4.69, 9.17) is 10.5 Å². The highest BCUT2D eigenvalue weighted by molar-refractivity contribution is 5.35. The van der Waals surface area contributed by atoms with E-state index < -0.39 is 0 Å². The standard InChI is InChI=1S/C13H19NO/c1-10-8-13(15-9-11-2-3-11)5-4-12(10)6-7-14/h4-5,8,11H,2-3,6-7,9,14H2,1H3. The fraction of sp³-hybridized carbons (Fsp3) is 0.538. The van der Waals surface area contributed by atoms with E-state index in [2.05, 4.69) is 25.1 Å². The molecule has 82 valence electrons. The summed E-state index contributed by atoms with van der Waals surface area (Å²) in [6.07, 6.45) is 3.63. The third kappa shape index (κ3) is 2.96. The molecule has 0 amide bonds. The summed E-state index contributed by atoms with van der Waals surface area (Å²) >= 11 is 0. The van der Waals surface area contributed by atoms with E-state index in [1.54, 1.807) is 0 Å². The summed E-state index contributed by atoms with van der Waals surface area (Å²) in [6.45, 7) is 3.72. The van der Waals surface area contributed by atoms with Gasteiger partial charge >= 0.3 is 0 Å². The lowest BCUT2D eigenvalue weighted by Crippen LogP contribution is -2.05. The van der Waals surface area contributed by atoms with Gasteiger partial charge in [0.1, 0.15) is 5.75 Å². The van der Waals surface area contributed by atoms with Crippen molar-refractivity contribution in [3.8, 4) is 5.75 Å². The van der Waals surface area contributed by atoms with Gasteiger partial charge in [-0.15, -0.1) is 0 Å². The summed E-state index contributed by atoms with van der Waals surface area (Å²) in [5.41, 5.74) is 8.16. The molecule has 0 heterocycles. The Morgan fingerprint density at radius 3 is 2.80 bits per heavy atom. The normalized spacial score (nSPS) is 15.3. The van der Waals surface area contributed by atoms with Crippen LogP contribution < -0.4 is 10.5 Å². The second-order valence-electron chi connectivity index (χ2n) is 4.38. The summed E-state index contributed by atoms with van der Waals surface area (Å²) in [7, 11) is 0. The number of hydrogen-bond donors (Lipinski definition) is 1. The number of aryl methyl sites for hydroxylation is 1. The number of rotatable bonds is 5.